The van der Waals surface area contributed by atoms with E-state index in [2.05, 4.69) is 4.98 Å². The van der Waals surface area contributed by atoms with Gasteiger partial charge in [0.05, 0.1) is 18.0 Å². The molecule has 0 bridgehead atoms. The zero-order valence-corrected chi connectivity index (χ0v) is 16.6. The van der Waals surface area contributed by atoms with Gasteiger partial charge in [-0.3, -0.25) is 4.31 Å². The summed E-state index contributed by atoms with van der Waals surface area (Å²) in [5.41, 5.74) is 1.12. The smallest absolute Gasteiger partial charge is 0.282 e. The van der Waals surface area contributed by atoms with Gasteiger partial charge >= 0.3 is 0 Å². The van der Waals surface area contributed by atoms with Crippen LogP contribution in [0, 0.1) is 5.41 Å². The van der Waals surface area contributed by atoms with E-state index in [1.165, 1.54) is 16.6 Å². The Hall–Kier alpha value is -2.60. The van der Waals surface area contributed by atoms with Crippen LogP contribution in [0.1, 0.15) is 20.8 Å². The zero-order chi connectivity index (χ0) is 19.5. The summed E-state index contributed by atoms with van der Waals surface area (Å²) >= 11 is 0. The highest BCUT2D eigenvalue weighted by atomic mass is 32.2. The van der Waals surface area contributed by atoms with E-state index in [1.807, 2.05) is 45.0 Å². The number of allylic oxidation sites excluding steroid dienone is 2. The van der Waals surface area contributed by atoms with Gasteiger partial charge < -0.3 is 4.74 Å². The van der Waals surface area contributed by atoms with E-state index in [9.17, 15) is 8.42 Å². The molecule has 2 aromatic rings. The number of anilines is 1. The van der Waals surface area contributed by atoms with E-state index in [1.54, 1.807) is 36.6 Å². The van der Waals surface area contributed by atoms with Crippen LogP contribution in [-0.4, -0.2) is 26.1 Å². The predicted octanol–water partition coefficient (Wildman–Crippen LogP) is 4.16. The van der Waals surface area contributed by atoms with Crippen LogP contribution in [-0.2, 0) is 14.8 Å². The van der Waals surface area contributed by atoms with E-state index < -0.39 is 16.1 Å². The third kappa shape index (κ3) is 4.06. The molecule has 142 valence electrons. The van der Waals surface area contributed by atoms with Crippen molar-refractivity contribution in [3.8, 4) is 0 Å². The van der Waals surface area contributed by atoms with E-state index in [0.717, 1.165) is 5.57 Å². The molecule has 27 heavy (non-hydrogen) atoms. The number of nitrogens with zero attached hydrogens (tertiary/aromatic N) is 2. The van der Waals surface area contributed by atoms with Crippen LogP contribution in [0.25, 0.3) is 0 Å². The van der Waals surface area contributed by atoms with Crippen molar-refractivity contribution in [1.82, 2.24) is 4.98 Å². The first-order chi connectivity index (χ1) is 12.8. The summed E-state index contributed by atoms with van der Waals surface area (Å²) in [6, 6.07) is 13.6. The lowest BCUT2D eigenvalue weighted by Crippen LogP contribution is -2.49. The second-order valence-corrected chi connectivity index (χ2v) is 9.22. The molecule has 1 aliphatic rings. The number of hydrogen-bond acceptors (Lipinski definition) is 4. The van der Waals surface area contributed by atoms with Gasteiger partial charge in [0.2, 0.25) is 0 Å². The van der Waals surface area contributed by atoms with Crippen LogP contribution in [0.2, 0.25) is 0 Å². The Morgan fingerprint density at radius 1 is 1.07 bits per heavy atom. The fourth-order valence-electron chi connectivity index (χ4n) is 3.24. The number of hydrogen-bond donors (Lipinski definition) is 0. The molecule has 0 fully saturated rings. The Bertz CT molecular complexity index is 930. The summed E-state index contributed by atoms with van der Waals surface area (Å²) in [5.74, 6) is 0. The van der Waals surface area contributed by atoms with Gasteiger partial charge in [0.15, 0.2) is 5.03 Å². The maximum Gasteiger partial charge on any atom is 0.282 e. The Morgan fingerprint density at radius 3 is 2.33 bits per heavy atom. The van der Waals surface area contributed by atoms with E-state index >= 15 is 0 Å². The molecule has 5 nitrogen and oxygen atoms in total. The molecule has 0 radical (unpaired) electrons. The molecule has 0 saturated carbocycles. The second-order valence-electron chi connectivity index (χ2n) is 7.45. The number of benzene rings is 1. The Kier molecular flexibility index (Phi) is 5.37. The molecule has 6 heteroatoms. The number of aromatic nitrogens is 1. The number of para-hydroxylation sites is 1. The van der Waals surface area contributed by atoms with Crippen LogP contribution >= 0.6 is 0 Å². The van der Waals surface area contributed by atoms with E-state index in [0.29, 0.717) is 12.3 Å². The average molecular weight is 385 g/mol. The van der Waals surface area contributed by atoms with E-state index in [4.69, 9.17) is 4.74 Å². The van der Waals surface area contributed by atoms with Crippen molar-refractivity contribution < 1.29 is 13.2 Å². The molecule has 0 saturated heterocycles. The minimum Gasteiger partial charge on any atom is -0.497 e. The van der Waals surface area contributed by atoms with Gasteiger partial charge in [0.1, 0.15) is 6.61 Å². The molecule has 0 aliphatic carbocycles. The van der Waals surface area contributed by atoms with Gasteiger partial charge in [0, 0.05) is 6.20 Å². The lowest BCUT2D eigenvalue weighted by molar-refractivity contribution is 0.248. The minimum absolute atomic E-state index is 0.0240. The van der Waals surface area contributed by atoms with Crippen LogP contribution in [0.5, 0.6) is 0 Å². The summed E-state index contributed by atoms with van der Waals surface area (Å²) in [6.45, 7) is 6.43. The summed E-state index contributed by atoms with van der Waals surface area (Å²) < 4.78 is 34.2. The van der Waals surface area contributed by atoms with Crippen molar-refractivity contribution in [3.05, 3.63) is 78.7 Å². The number of ether oxygens (including phenoxy) is 1. The van der Waals surface area contributed by atoms with Gasteiger partial charge in [-0.2, -0.15) is 8.42 Å². The highest BCUT2D eigenvalue weighted by Crippen LogP contribution is 2.37. The minimum atomic E-state index is -3.88. The van der Waals surface area contributed by atoms with Gasteiger partial charge in [-0.05, 0) is 41.3 Å². The van der Waals surface area contributed by atoms with Crippen LogP contribution in [0.3, 0.4) is 0 Å². The molecule has 3 rings (SSSR count). The largest absolute Gasteiger partial charge is 0.497 e. The Labute approximate surface area is 161 Å². The lowest BCUT2D eigenvalue weighted by Gasteiger charge is -2.42. The first-order valence-corrected chi connectivity index (χ1v) is 10.2. The maximum absolute atomic E-state index is 13.6. The monoisotopic (exact) mass is 384 g/mol. The quantitative estimate of drug-likeness (QED) is 0.777. The molecule has 1 aromatic heterocycles. The van der Waals surface area contributed by atoms with Gasteiger partial charge in [-0.15, -0.1) is 0 Å². The molecule has 1 atom stereocenters. The summed E-state index contributed by atoms with van der Waals surface area (Å²) in [5, 5.41) is 0.0240. The molecule has 1 aliphatic heterocycles. The normalized spacial score (nSPS) is 15.6. The maximum atomic E-state index is 13.6. The second kappa shape index (κ2) is 7.56. The molecular weight excluding hydrogens is 360 g/mol. The van der Waals surface area contributed by atoms with Crippen molar-refractivity contribution in [2.24, 2.45) is 5.41 Å². The topological polar surface area (TPSA) is 59.5 Å². The molecule has 1 aromatic carbocycles. The number of pyridine rings is 1. The highest BCUT2D eigenvalue weighted by molar-refractivity contribution is 7.92. The highest BCUT2D eigenvalue weighted by Gasteiger charge is 2.41. The number of sulfonamides is 1. The van der Waals surface area contributed by atoms with Crippen molar-refractivity contribution >= 4 is 15.7 Å². The van der Waals surface area contributed by atoms with Gasteiger partial charge in [-0.1, -0.05) is 51.1 Å². The standard InChI is InChI=1S/C21H24N2O3S/c1-21(2,3)20(17-10-9-15-26-16-17)23(18-11-5-4-6-12-18)27(24,25)19-13-7-8-14-22-19/h4-15,20H,16H2,1-3H3. The van der Waals surface area contributed by atoms with Crippen LogP contribution < -0.4 is 4.31 Å². The van der Waals surface area contributed by atoms with Gasteiger partial charge in [-0.25, -0.2) is 4.98 Å². The molecule has 1 unspecified atom stereocenters. The Balaban J connectivity index is 2.23. The van der Waals surface area contributed by atoms with Crippen LogP contribution in [0.4, 0.5) is 5.69 Å². The fourth-order valence-corrected chi connectivity index (χ4v) is 5.02. The Morgan fingerprint density at radius 2 is 1.78 bits per heavy atom. The predicted molar refractivity (Wildman–Crippen MR) is 107 cm³/mol. The van der Waals surface area contributed by atoms with Crippen molar-refractivity contribution in [2.45, 2.75) is 31.8 Å². The summed E-state index contributed by atoms with van der Waals surface area (Å²) in [7, 11) is -3.88. The lowest BCUT2D eigenvalue weighted by atomic mass is 9.81. The van der Waals surface area contributed by atoms with Crippen molar-refractivity contribution in [1.29, 1.82) is 0 Å². The zero-order valence-electron chi connectivity index (χ0n) is 15.7. The first-order valence-electron chi connectivity index (χ1n) is 8.79. The van der Waals surface area contributed by atoms with Crippen molar-refractivity contribution in [3.63, 3.8) is 0 Å². The third-order valence-electron chi connectivity index (χ3n) is 4.31. The SMILES string of the molecule is CC(C)(C)C(C1=CC=COC1)N(c1ccccc1)S(=O)(=O)c1ccccn1. The van der Waals surface area contributed by atoms with E-state index in [-0.39, 0.29) is 10.4 Å². The molecule has 2 heterocycles. The third-order valence-corrected chi connectivity index (χ3v) is 6.02. The fraction of sp³-hybridized carbons (Fsp3) is 0.286. The molecule has 0 N–H and O–H groups in total. The van der Waals surface area contributed by atoms with Crippen molar-refractivity contribution in [2.75, 3.05) is 10.9 Å². The molecule has 0 amide bonds. The summed E-state index contributed by atoms with van der Waals surface area (Å²) in [4.78, 5) is 4.11. The summed E-state index contributed by atoms with van der Waals surface area (Å²) in [6.07, 6.45) is 6.84. The molecular formula is C21H24N2O3S. The van der Waals surface area contributed by atoms with Crippen LogP contribution in [0.15, 0.2) is 83.7 Å². The first kappa shape index (κ1) is 19.2. The molecule has 0 spiro atoms. The van der Waals surface area contributed by atoms with Gasteiger partial charge in [0.25, 0.3) is 10.0 Å². The number of rotatable bonds is 5. The average Bonchev–Trinajstić information content (AvgIpc) is 2.67.